The van der Waals surface area contributed by atoms with Gasteiger partial charge in [-0.25, -0.2) is 0 Å². The minimum Gasteiger partial charge on any atom is -0.366 e. The van der Waals surface area contributed by atoms with Gasteiger partial charge in [-0.05, 0) is 31.4 Å². The molecule has 0 bridgehead atoms. The van der Waals surface area contributed by atoms with Gasteiger partial charge >= 0.3 is 6.18 Å². The Hall–Kier alpha value is -1.33. The van der Waals surface area contributed by atoms with E-state index in [1.807, 2.05) is 0 Å². The molecule has 0 atom stereocenters. The van der Waals surface area contributed by atoms with Crippen LogP contribution in [0.1, 0.15) is 25.0 Å². The fourth-order valence-electron chi connectivity index (χ4n) is 1.32. The van der Waals surface area contributed by atoms with Crippen LogP contribution in [0.15, 0.2) is 12.1 Å². The second-order valence-corrected chi connectivity index (χ2v) is 3.57. The van der Waals surface area contributed by atoms with E-state index < -0.39 is 11.9 Å². The molecule has 1 fully saturated rings. The van der Waals surface area contributed by atoms with Crippen molar-refractivity contribution >= 4 is 5.82 Å². The van der Waals surface area contributed by atoms with Gasteiger partial charge in [0, 0.05) is 6.04 Å². The predicted molar refractivity (Wildman–Crippen MR) is 48.3 cm³/mol. The van der Waals surface area contributed by atoms with Crippen molar-refractivity contribution in [1.82, 2.24) is 10.2 Å². The third kappa shape index (κ3) is 2.37. The van der Waals surface area contributed by atoms with Crippen LogP contribution in [0, 0.1) is 0 Å². The van der Waals surface area contributed by atoms with E-state index in [2.05, 4.69) is 15.5 Å². The summed E-state index contributed by atoms with van der Waals surface area (Å²) < 4.78 is 36.4. The van der Waals surface area contributed by atoms with Crippen molar-refractivity contribution in [3.05, 3.63) is 17.8 Å². The van der Waals surface area contributed by atoms with Crippen LogP contribution in [0.4, 0.5) is 19.0 Å². The Morgan fingerprint density at radius 2 is 1.93 bits per heavy atom. The Morgan fingerprint density at radius 1 is 1.20 bits per heavy atom. The largest absolute Gasteiger partial charge is 0.435 e. The molecule has 3 nitrogen and oxygen atoms in total. The fraction of sp³-hybridized carbons (Fsp3) is 0.556. The molecule has 15 heavy (non-hydrogen) atoms. The summed E-state index contributed by atoms with van der Waals surface area (Å²) in [4.78, 5) is 0. The van der Waals surface area contributed by atoms with E-state index in [1.54, 1.807) is 0 Å². The van der Waals surface area contributed by atoms with Crippen LogP contribution < -0.4 is 5.32 Å². The van der Waals surface area contributed by atoms with Crippen molar-refractivity contribution in [3.8, 4) is 0 Å². The van der Waals surface area contributed by atoms with Gasteiger partial charge in [0.15, 0.2) is 5.69 Å². The van der Waals surface area contributed by atoms with Crippen molar-refractivity contribution in [2.24, 2.45) is 0 Å². The summed E-state index contributed by atoms with van der Waals surface area (Å²) in [6.07, 6.45) is -1.17. The molecule has 1 aromatic rings. The minimum atomic E-state index is -4.41. The van der Waals surface area contributed by atoms with Crippen LogP contribution in [0.25, 0.3) is 0 Å². The number of nitrogens with zero attached hydrogens (tertiary/aromatic N) is 2. The van der Waals surface area contributed by atoms with Crippen molar-refractivity contribution < 1.29 is 13.2 Å². The molecule has 0 saturated heterocycles. The average Bonchev–Trinajstić information content (AvgIpc) is 2.11. The summed E-state index contributed by atoms with van der Waals surface area (Å²) in [5, 5.41) is 9.63. The van der Waals surface area contributed by atoms with Crippen LogP contribution in [0.3, 0.4) is 0 Å². The molecule has 1 aliphatic rings. The van der Waals surface area contributed by atoms with Crippen molar-refractivity contribution in [1.29, 1.82) is 0 Å². The molecule has 0 unspecified atom stereocenters. The average molecular weight is 217 g/mol. The van der Waals surface area contributed by atoms with E-state index in [0.717, 1.165) is 25.3 Å². The number of hydrogen-bond acceptors (Lipinski definition) is 3. The third-order valence-electron chi connectivity index (χ3n) is 2.41. The van der Waals surface area contributed by atoms with E-state index in [-0.39, 0.29) is 0 Å². The van der Waals surface area contributed by atoms with Gasteiger partial charge in [-0.2, -0.15) is 13.2 Å². The quantitative estimate of drug-likeness (QED) is 0.826. The number of anilines is 1. The molecule has 1 aromatic heterocycles. The summed E-state index contributed by atoms with van der Waals surface area (Å²) >= 11 is 0. The van der Waals surface area contributed by atoms with Crippen molar-refractivity contribution in [3.63, 3.8) is 0 Å². The lowest BCUT2D eigenvalue weighted by Crippen LogP contribution is -2.27. The summed E-state index contributed by atoms with van der Waals surface area (Å²) in [5.74, 6) is 0.410. The first kappa shape index (κ1) is 10.2. The molecule has 0 radical (unpaired) electrons. The summed E-state index contributed by atoms with van der Waals surface area (Å²) in [7, 11) is 0. The van der Waals surface area contributed by atoms with E-state index in [0.29, 0.717) is 11.9 Å². The predicted octanol–water partition coefficient (Wildman–Crippen LogP) is 2.46. The van der Waals surface area contributed by atoms with Gasteiger partial charge in [-0.1, -0.05) is 0 Å². The molecule has 1 N–H and O–H groups in total. The zero-order valence-corrected chi connectivity index (χ0v) is 7.88. The normalized spacial score (nSPS) is 17.3. The highest BCUT2D eigenvalue weighted by Gasteiger charge is 2.33. The van der Waals surface area contributed by atoms with E-state index >= 15 is 0 Å². The highest BCUT2D eigenvalue weighted by atomic mass is 19.4. The number of rotatable bonds is 2. The first-order chi connectivity index (χ1) is 7.05. The van der Waals surface area contributed by atoms with E-state index in [4.69, 9.17) is 0 Å². The van der Waals surface area contributed by atoms with Gasteiger partial charge in [-0.15, -0.1) is 10.2 Å². The zero-order chi connectivity index (χ0) is 10.9. The summed E-state index contributed by atoms with van der Waals surface area (Å²) in [5.41, 5.74) is -0.957. The molecule has 6 heteroatoms. The van der Waals surface area contributed by atoms with E-state index in [1.165, 1.54) is 6.07 Å². The van der Waals surface area contributed by atoms with Crippen LogP contribution >= 0.6 is 0 Å². The topological polar surface area (TPSA) is 37.8 Å². The Morgan fingerprint density at radius 3 is 2.33 bits per heavy atom. The maximum atomic E-state index is 12.1. The lowest BCUT2D eigenvalue weighted by molar-refractivity contribution is -0.141. The van der Waals surface area contributed by atoms with Crippen LogP contribution in [0.2, 0.25) is 0 Å². The minimum absolute atomic E-state index is 0.344. The third-order valence-corrected chi connectivity index (χ3v) is 2.41. The summed E-state index contributed by atoms with van der Waals surface area (Å²) in [6.45, 7) is 0. The van der Waals surface area contributed by atoms with E-state index in [9.17, 15) is 13.2 Å². The number of alkyl halides is 3. The highest BCUT2D eigenvalue weighted by molar-refractivity contribution is 5.35. The zero-order valence-electron chi connectivity index (χ0n) is 7.88. The first-order valence-corrected chi connectivity index (χ1v) is 4.73. The standard InChI is InChI=1S/C9H10F3N3/c10-9(11,12)7-4-5-8(15-14-7)13-6-2-1-3-6/h4-6H,1-3H2,(H,13,15). The highest BCUT2D eigenvalue weighted by Crippen LogP contribution is 2.27. The summed E-state index contributed by atoms with van der Waals surface area (Å²) in [6, 6.07) is 2.60. The number of hydrogen-bond donors (Lipinski definition) is 1. The van der Waals surface area contributed by atoms with Gasteiger partial charge < -0.3 is 5.32 Å². The Bertz CT molecular complexity index is 329. The molecule has 82 valence electrons. The monoisotopic (exact) mass is 217 g/mol. The fourth-order valence-corrected chi connectivity index (χ4v) is 1.32. The lowest BCUT2D eigenvalue weighted by atomic mass is 9.93. The molecule has 1 heterocycles. The number of aromatic nitrogens is 2. The smallest absolute Gasteiger partial charge is 0.366 e. The first-order valence-electron chi connectivity index (χ1n) is 4.73. The molecule has 1 saturated carbocycles. The lowest BCUT2D eigenvalue weighted by Gasteiger charge is -2.26. The molecular formula is C9H10F3N3. The molecule has 0 amide bonds. The Balaban J connectivity index is 2.03. The van der Waals surface area contributed by atoms with Gasteiger partial charge in [-0.3, -0.25) is 0 Å². The SMILES string of the molecule is FC(F)(F)c1ccc(NC2CCC2)nn1. The maximum Gasteiger partial charge on any atom is 0.435 e. The molecule has 2 rings (SSSR count). The number of nitrogens with one attached hydrogen (secondary N) is 1. The second kappa shape index (κ2) is 3.67. The van der Waals surface area contributed by atoms with Crippen LogP contribution in [0.5, 0.6) is 0 Å². The molecule has 1 aliphatic carbocycles. The Kier molecular flexibility index (Phi) is 2.50. The van der Waals surface area contributed by atoms with Gasteiger partial charge in [0.05, 0.1) is 0 Å². The molecule has 0 aromatic carbocycles. The molecular weight excluding hydrogens is 207 g/mol. The van der Waals surface area contributed by atoms with Crippen molar-refractivity contribution in [2.45, 2.75) is 31.5 Å². The maximum absolute atomic E-state index is 12.1. The molecule has 0 spiro atoms. The van der Waals surface area contributed by atoms with Gasteiger partial charge in [0.2, 0.25) is 0 Å². The van der Waals surface area contributed by atoms with Crippen LogP contribution in [-0.4, -0.2) is 16.2 Å². The molecule has 0 aliphatic heterocycles. The van der Waals surface area contributed by atoms with Crippen LogP contribution in [-0.2, 0) is 6.18 Å². The number of halogens is 3. The Labute approximate surface area is 84.7 Å². The van der Waals surface area contributed by atoms with Gasteiger partial charge in [0.25, 0.3) is 0 Å². The van der Waals surface area contributed by atoms with Gasteiger partial charge in [0.1, 0.15) is 5.82 Å². The van der Waals surface area contributed by atoms with Crippen molar-refractivity contribution in [2.75, 3.05) is 5.32 Å². The second-order valence-electron chi connectivity index (χ2n) is 3.57.